The summed E-state index contributed by atoms with van der Waals surface area (Å²) in [5.41, 5.74) is 1.91. The highest BCUT2D eigenvalue weighted by molar-refractivity contribution is 6.28. The van der Waals surface area contributed by atoms with E-state index in [0.29, 0.717) is 5.88 Å². The van der Waals surface area contributed by atoms with Gasteiger partial charge in [-0.2, -0.15) is 4.98 Å². The topological polar surface area (TPSA) is 35.0 Å². The Balaban J connectivity index is 2.27. The molecular weight excluding hydrogens is 224 g/mol. The van der Waals surface area contributed by atoms with E-state index in [1.807, 2.05) is 38.1 Å². The fourth-order valence-electron chi connectivity index (χ4n) is 1.36. The van der Waals surface area contributed by atoms with Gasteiger partial charge >= 0.3 is 0 Å². The van der Waals surface area contributed by atoms with Crippen molar-refractivity contribution in [3.63, 3.8) is 0 Å². The lowest BCUT2D eigenvalue weighted by molar-refractivity contribution is 0.460. The van der Waals surface area contributed by atoms with Crippen LogP contribution in [0, 0.1) is 13.8 Å². The summed E-state index contributed by atoms with van der Waals surface area (Å²) < 4.78 is 5.59. The summed E-state index contributed by atoms with van der Waals surface area (Å²) >= 11 is 5.75. The van der Waals surface area contributed by atoms with Crippen molar-refractivity contribution in [2.24, 2.45) is 0 Å². The van der Waals surface area contributed by atoms with E-state index >= 15 is 0 Å². The van der Waals surface area contributed by atoms with Crippen molar-refractivity contribution in [3.05, 3.63) is 46.9 Å². The highest BCUT2D eigenvalue weighted by Gasteiger charge is 2.02. The van der Waals surface area contributed by atoms with Gasteiger partial charge in [-0.3, -0.25) is 0 Å². The molecule has 0 N–H and O–H groups in total. The number of ether oxygens (including phenoxy) is 1. The molecule has 1 aromatic carbocycles. The van der Waals surface area contributed by atoms with Crippen LogP contribution in [0.1, 0.15) is 11.3 Å². The summed E-state index contributed by atoms with van der Waals surface area (Å²) in [7, 11) is 0. The molecule has 0 atom stereocenters. The summed E-state index contributed by atoms with van der Waals surface area (Å²) in [6.07, 6.45) is 0. The molecule has 0 spiro atoms. The molecule has 0 amide bonds. The van der Waals surface area contributed by atoms with Gasteiger partial charge in [0.25, 0.3) is 0 Å². The van der Waals surface area contributed by atoms with Crippen molar-refractivity contribution in [1.29, 1.82) is 0 Å². The van der Waals surface area contributed by atoms with E-state index in [4.69, 9.17) is 16.3 Å². The van der Waals surface area contributed by atoms with Crippen LogP contribution in [0.2, 0.25) is 5.28 Å². The van der Waals surface area contributed by atoms with Crippen LogP contribution in [-0.2, 0) is 0 Å². The van der Waals surface area contributed by atoms with E-state index in [1.54, 1.807) is 6.07 Å². The lowest BCUT2D eigenvalue weighted by atomic mass is 10.2. The molecule has 4 heteroatoms. The molecule has 0 radical (unpaired) electrons. The molecule has 2 aromatic rings. The highest BCUT2D eigenvalue weighted by Crippen LogP contribution is 2.21. The third kappa shape index (κ3) is 2.70. The molecule has 0 bridgehead atoms. The molecule has 0 fully saturated rings. The van der Waals surface area contributed by atoms with Crippen LogP contribution < -0.4 is 4.74 Å². The monoisotopic (exact) mass is 234 g/mol. The van der Waals surface area contributed by atoms with Gasteiger partial charge in [0.2, 0.25) is 11.2 Å². The maximum Gasteiger partial charge on any atom is 0.225 e. The quantitative estimate of drug-likeness (QED) is 0.746. The fourth-order valence-corrected chi connectivity index (χ4v) is 1.57. The third-order valence-corrected chi connectivity index (χ3v) is 2.18. The molecule has 2 rings (SSSR count). The largest absolute Gasteiger partial charge is 0.439 e. The molecule has 0 unspecified atom stereocenters. The number of hydrogen-bond donors (Lipinski definition) is 0. The maximum atomic E-state index is 5.75. The van der Waals surface area contributed by atoms with Crippen LogP contribution in [0.4, 0.5) is 0 Å². The van der Waals surface area contributed by atoms with Gasteiger partial charge in [0.1, 0.15) is 5.75 Å². The van der Waals surface area contributed by atoms with Crippen LogP contribution >= 0.6 is 11.6 Å². The SMILES string of the molecule is Cc1cccc(Oc2cc(C)nc(Cl)n2)c1. The van der Waals surface area contributed by atoms with Crippen molar-refractivity contribution in [2.75, 3.05) is 0 Å². The van der Waals surface area contributed by atoms with Crippen LogP contribution in [0.25, 0.3) is 0 Å². The van der Waals surface area contributed by atoms with Crippen molar-refractivity contribution < 1.29 is 4.74 Å². The summed E-state index contributed by atoms with van der Waals surface area (Å²) in [6, 6.07) is 9.49. The van der Waals surface area contributed by atoms with Crippen molar-refractivity contribution >= 4 is 11.6 Å². The first-order valence-corrected chi connectivity index (χ1v) is 5.27. The Morgan fingerprint density at radius 3 is 2.62 bits per heavy atom. The second-order valence-corrected chi connectivity index (χ2v) is 3.87. The predicted molar refractivity (Wildman–Crippen MR) is 63.0 cm³/mol. The van der Waals surface area contributed by atoms with E-state index in [2.05, 4.69) is 9.97 Å². The first-order valence-electron chi connectivity index (χ1n) is 4.89. The number of aromatic nitrogens is 2. The van der Waals surface area contributed by atoms with Gasteiger partial charge in [0.15, 0.2) is 0 Å². The van der Waals surface area contributed by atoms with E-state index < -0.39 is 0 Å². The van der Waals surface area contributed by atoms with Crippen LogP contribution in [0.3, 0.4) is 0 Å². The number of halogens is 1. The van der Waals surface area contributed by atoms with Crippen molar-refractivity contribution in [1.82, 2.24) is 9.97 Å². The van der Waals surface area contributed by atoms with Crippen molar-refractivity contribution in [2.45, 2.75) is 13.8 Å². The molecule has 0 saturated carbocycles. The molecule has 1 aromatic heterocycles. The van der Waals surface area contributed by atoms with Gasteiger partial charge in [-0.25, -0.2) is 4.98 Å². The molecule has 1 heterocycles. The van der Waals surface area contributed by atoms with Gasteiger partial charge in [0.05, 0.1) is 0 Å². The number of hydrogen-bond acceptors (Lipinski definition) is 3. The van der Waals surface area contributed by atoms with Crippen LogP contribution in [0.15, 0.2) is 30.3 Å². The predicted octanol–water partition coefficient (Wildman–Crippen LogP) is 3.54. The van der Waals surface area contributed by atoms with Gasteiger partial charge in [-0.15, -0.1) is 0 Å². The Labute approximate surface area is 99.1 Å². The van der Waals surface area contributed by atoms with E-state index in [9.17, 15) is 0 Å². The lowest BCUT2D eigenvalue weighted by Gasteiger charge is -2.05. The minimum Gasteiger partial charge on any atom is -0.439 e. The molecule has 0 aliphatic carbocycles. The molecule has 0 aliphatic heterocycles. The zero-order valence-electron chi connectivity index (χ0n) is 9.07. The Kier molecular flexibility index (Phi) is 3.06. The zero-order valence-corrected chi connectivity index (χ0v) is 9.82. The van der Waals surface area contributed by atoms with Crippen molar-refractivity contribution in [3.8, 4) is 11.6 Å². The van der Waals surface area contributed by atoms with Gasteiger partial charge < -0.3 is 4.74 Å². The normalized spacial score (nSPS) is 10.2. The second-order valence-electron chi connectivity index (χ2n) is 3.54. The number of aryl methyl sites for hydroxylation is 2. The molecule has 3 nitrogen and oxygen atoms in total. The average molecular weight is 235 g/mol. The van der Waals surface area contributed by atoms with Crippen LogP contribution in [0.5, 0.6) is 11.6 Å². The molecular formula is C12H11ClN2O. The molecule has 0 saturated heterocycles. The van der Waals surface area contributed by atoms with E-state index in [-0.39, 0.29) is 5.28 Å². The number of nitrogens with zero attached hydrogens (tertiary/aromatic N) is 2. The van der Waals surface area contributed by atoms with Gasteiger partial charge in [0, 0.05) is 11.8 Å². The minimum absolute atomic E-state index is 0.197. The minimum atomic E-state index is 0.197. The summed E-state index contributed by atoms with van der Waals surface area (Å²) in [5.74, 6) is 1.21. The van der Waals surface area contributed by atoms with E-state index in [1.165, 1.54) is 0 Å². The first-order chi connectivity index (χ1) is 7.63. The standard InChI is InChI=1S/C12H11ClN2O/c1-8-4-3-5-10(6-8)16-11-7-9(2)14-12(13)15-11/h3-7H,1-2H3. The summed E-state index contributed by atoms with van der Waals surface area (Å²) in [6.45, 7) is 3.85. The molecule has 0 aliphatic rings. The second kappa shape index (κ2) is 4.49. The first kappa shape index (κ1) is 10.9. The molecule has 16 heavy (non-hydrogen) atoms. The maximum absolute atomic E-state index is 5.75. The third-order valence-electron chi connectivity index (χ3n) is 2.02. The Hall–Kier alpha value is -1.61. The molecule has 82 valence electrons. The fraction of sp³-hybridized carbons (Fsp3) is 0.167. The van der Waals surface area contributed by atoms with E-state index in [0.717, 1.165) is 17.0 Å². The number of benzene rings is 1. The lowest BCUT2D eigenvalue weighted by Crippen LogP contribution is -1.92. The Morgan fingerprint density at radius 1 is 1.12 bits per heavy atom. The Morgan fingerprint density at radius 2 is 1.94 bits per heavy atom. The highest BCUT2D eigenvalue weighted by atomic mass is 35.5. The van der Waals surface area contributed by atoms with Crippen LogP contribution in [-0.4, -0.2) is 9.97 Å². The van der Waals surface area contributed by atoms with Gasteiger partial charge in [-0.05, 0) is 43.1 Å². The summed E-state index contributed by atoms with van der Waals surface area (Å²) in [4.78, 5) is 7.96. The number of rotatable bonds is 2. The zero-order chi connectivity index (χ0) is 11.5. The summed E-state index contributed by atoms with van der Waals surface area (Å²) in [5, 5.41) is 0.197. The smallest absolute Gasteiger partial charge is 0.225 e. The Bertz CT molecular complexity index is 494. The average Bonchev–Trinajstić information content (AvgIpc) is 2.15. The van der Waals surface area contributed by atoms with Gasteiger partial charge in [-0.1, -0.05) is 12.1 Å².